The molecule has 0 aliphatic carbocycles. The Morgan fingerprint density at radius 2 is 1.53 bits per heavy atom. The van der Waals surface area contributed by atoms with Crippen LogP contribution in [-0.4, -0.2) is 25.8 Å². The van der Waals surface area contributed by atoms with Crippen LogP contribution in [0.25, 0.3) is 11.1 Å². The molecule has 0 N–H and O–H groups in total. The summed E-state index contributed by atoms with van der Waals surface area (Å²) in [6, 6.07) is 13.4. The zero-order valence-corrected chi connectivity index (χ0v) is 13.3. The van der Waals surface area contributed by atoms with Gasteiger partial charge in [0, 0.05) is 0 Å². The summed E-state index contributed by atoms with van der Waals surface area (Å²) in [4.78, 5) is 0. The topological polar surface area (TPSA) is 0 Å². The molecule has 0 aromatic heterocycles. The van der Waals surface area contributed by atoms with Gasteiger partial charge in [-0.05, 0) is 0 Å². The third-order valence-electron chi connectivity index (χ3n) is 2.14. The van der Waals surface area contributed by atoms with Gasteiger partial charge in [0.25, 0.3) is 0 Å². The maximum atomic E-state index is 13.3. The first-order valence-corrected chi connectivity index (χ1v) is 7.17. The fourth-order valence-corrected chi connectivity index (χ4v) is 2.23. The van der Waals surface area contributed by atoms with Gasteiger partial charge in [-0.2, -0.15) is 0 Å². The van der Waals surface area contributed by atoms with Gasteiger partial charge in [0.15, 0.2) is 0 Å². The summed E-state index contributed by atoms with van der Waals surface area (Å²) < 4.78 is 15.2. The average molecular weight is 457 g/mol. The fourth-order valence-electron chi connectivity index (χ4n) is 1.34. The molecule has 3 heteroatoms. The Balaban J connectivity index is 2.45. The molecule has 0 spiro atoms. The van der Waals surface area contributed by atoms with Crippen molar-refractivity contribution in [2.75, 3.05) is 0 Å². The van der Waals surface area contributed by atoms with Crippen molar-refractivity contribution in [1.82, 2.24) is 0 Å². The Morgan fingerprint density at radius 3 is 2.13 bits per heavy atom. The first-order chi connectivity index (χ1) is 7.16. The first kappa shape index (κ1) is 11.3. The predicted molar refractivity (Wildman–Crippen MR) is 64.9 cm³/mol. The van der Waals surface area contributed by atoms with Crippen LogP contribution in [0.1, 0.15) is 0 Å². The van der Waals surface area contributed by atoms with E-state index >= 15 is 0 Å². The number of hydrogen-bond acceptors (Lipinski definition) is 0. The first-order valence-electron chi connectivity index (χ1n) is 4.44. The van der Waals surface area contributed by atoms with Crippen LogP contribution in [0, 0.1) is 5.82 Å². The van der Waals surface area contributed by atoms with Crippen molar-refractivity contribution in [3.05, 3.63) is 52.8 Å². The third kappa shape index (κ3) is 2.66. The van der Waals surface area contributed by atoms with Crippen molar-refractivity contribution in [3.63, 3.8) is 0 Å². The van der Waals surface area contributed by atoms with E-state index < -0.39 is 0 Å². The molecule has 73 valence electrons. The van der Waals surface area contributed by atoms with E-state index in [-0.39, 0.29) is 5.82 Å². The van der Waals surface area contributed by atoms with Crippen LogP contribution in [0.2, 0.25) is 0 Å². The number of benzene rings is 2. The van der Waals surface area contributed by atoms with Crippen LogP contribution in [0.3, 0.4) is 0 Å². The Bertz CT molecular complexity index is 479. The van der Waals surface area contributed by atoms with Crippen molar-refractivity contribution < 1.29 is 4.39 Å². The number of hydrogen-bond donors (Lipinski definition) is 0. The molecule has 15 heavy (non-hydrogen) atoms. The normalized spacial score (nSPS) is 10.3. The summed E-state index contributed by atoms with van der Waals surface area (Å²) in [5.74, 6) is -0.220. The van der Waals surface area contributed by atoms with Gasteiger partial charge in [-0.15, -0.1) is 0 Å². The van der Waals surface area contributed by atoms with E-state index in [0.29, 0.717) is 4.47 Å². The summed E-state index contributed by atoms with van der Waals surface area (Å²) >= 11 is 4.19. The third-order valence-corrected chi connectivity index (χ3v) is 4.08. The van der Waals surface area contributed by atoms with Crippen LogP contribution in [0.4, 0.5) is 4.39 Å². The van der Waals surface area contributed by atoms with Crippen molar-refractivity contribution in [2.24, 2.45) is 0 Å². The van der Waals surface area contributed by atoms with Gasteiger partial charge in [-0.1, -0.05) is 0 Å². The van der Waals surface area contributed by atoms with Gasteiger partial charge < -0.3 is 0 Å². The Kier molecular flexibility index (Phi) is 3.56. The average Bonchev–Trinajstić information content (AvgIpc) is 2.23. The molecule has 2 aromatic rings. The molecule has 0 amide bonds. The Hall–Kier alpha value is -0.228. The van der Waals surface area contributed by atoms with E-state index in [1.807, 2.05) is 18.2 Å². The van der Waals surface area contributed by atoms with Gasteiger partial charge in [0.1, 0.15) is 0 Å². The van der Waals surface area contributed by atoms with Crippen molar-refractivity contribution >= 4 is 44.8 Å². The van der Waals surface area contributed by atoms with E-state index in [9.17, 15) is 4.39 Å². The molecular formula is C12H7BrFPb. The summed E-state index contributed by atoms with van der Waals surface area (Å²) in [5.41, 5.74) is 1.97. The van der Waals surface area contributed by atoms with Crippen LogP contribution in [0.15, 0.2) is 46.9 Å². The summed E-state index contributed by atoms with van der Waals surface area (Å²) in [7, 11) is 0. The Morgan fingerprint density at radius 1 is 0.933 bits per heavy atom. The van der Waals surface area contributed by atoms with Crippen molar-refractivity contribution in [1.29, 1.82) is 0 Å². The van der Waals surface area contributed by atoms with Gasteiger partial charge in [0.2, 0.25) is 0 Å². The minimum atomic E-state index is -0.220. The maximum absolute atomic E-state index is 13.3. The van der Waals surface area contributed by atoms with E-state index in [1.54, 1.807) is 12.1 Å². The summed E-state index contributed by atoms with van der Waals surface area (Å²) in [5, 5.41) is 0. The van der Waals surface area contributed by atoms with Crippen LogP contribution in [-0.2, 0) is 0 Å². The quantitative estimate of drug-likeness (QED) is 0.578. The summed E-state index contributed by atoms with van der Waals surface area (Å²) in [6.45, 7) is 0. The summed E-state index contributed by atoms with van der Waals surface area (Å²) in [6.07, 6.45) is 0. The zero-order valence-electron chi connectivity index (χ0n) is 7.80. The second-order valence-corrected chi connectivity index (χ2v) is 6.31. The minimum absolute atomic E-state index is 0.220. The zero-order chi connectivity index (χ0) is 10.8. The SMILES string of the molecule is Fc1cc(-c2cc[c]([Pb])cc2)ccc1Br. The molecule has 0 fully saturated rings. The van der Waals surface area contributed by atoms with Gasteiger partial charge in [-0.3, -0.25) is 0 Å². The van der Waals surface area contributed by atoms with Crippen LogP contribution >= 0.6 is 15.9 Å². The molecule has 0 aliphatic heterocycles. The van der Waals surface area contributed by atoms with Gasteiger partial charge >= 0.3 is 113 Å². The molecule has 0 saturated heterocycles. The van der Waals surface area contributed by atoms with E-state index in [1.165, 1.54) is 3.12 Å². The predicted octanol–water partition coefficient (Wildman–Crippen LogP) is 3.05. The second kappa shape index (κ2) is 4.74. The number of halogens is 2. The van der Waals surface area contributed by atoms with Gasteiger partial charge in [-0.25, -0.2) is 0 Å². The Labute approximate surface area is 112 Å². The van der Waals surface area contributed by atoms with Crippen LogP contribution in [0.5, 0.6) is 0 Å². The molecule has 0 saturated carbocycles. The number of rotatable bonds is 1. The van der Waals surface area contributed by atoms with Gasteiger partial charge in [0.05, 0.1) is 0 Å². The molecular weight excluding hydrogens is 450 g/mol. The molecule has 3 radical (unpaired) electrons. The van der Waals surface area contributed by atoms with Crippen molar-refractivity contribution in [3.8, 4) is 11.1 Å². The molecule has 0 heterocycles. The molecule has 2 aromatic carbocycles. The molecule has 0 nitrogen and oxygen atoms in total. The molecule has 2 rings (SSSR count). The molecule has 0 unspecified atom stereocenters. The second-order valence-electron chi connectivity index (χ2n) is 3.21. The standard InChI is InChI=1S/C12H7BrF.Pb/c13-11-7-6-10(8-12(11)14)9-4-2-1-3-5-9;/h2-8H;. The molecule has 0 aliphatic rings. The van der Waals surface area contributed by atoms with Crippen LogP contribution < -0.4 is 3.12 Å². The van der Waals surface area contributed by atoms with E-state index in [4.69, 9.17) is 0 Å². The monoisotopic (exact) mass is 457 g/mol. The fraction of sp³-hybridized carbons (Fsp3) is 0. The van der Waals surface area contributed by atoms with Crippen molar-refractivity contribution in [2.45, 2.75) is 0 Å². The molecule has 0 bridgehead atoms. The van der Waals surface area contributed by atoms with E-state index in [2.05, 4.69) is 28.1 Å². The van der Waals surface area contributed by atoms with E-state index in [0.717, 1.165) is 36.9 Å². The molecule has 0 atom stereocenters.